The quantitative estimate of drug-likeness (QED) is 0.758. The smallest absolute Gasteiger partial charge is 0.222 e. The van der Waals surface area contributed by atoms with Gasteiger partial charge in [0.25, 0.3) is 0 Å². The Morgan fingerprint density at radius 1 is 1.35 bits per heavy atom. The lowest BCUT2D eigenvalue weighted by Gasteiger charge is -2.30. The molecule has 1 fully saturated rings. The van der Waals surface area contributed by atoms with Crippen LogP contribution in [0.2, 0.25) is 0 Å². The predicted molar refractivity (Wildman–Crippen MR) is 85.7 cm³/mol. The number of nitrogens with one attached hydrogen (secondary N) is 1. The highest BCUT2D eigenvalue weighted by atomic mass is 16.2. The van der Waals surface area contributed by atoms with Crippen molar-refractivity contribution in [3.05, 3.63) is 0 Å². The first-order valence-corrected chi connectivity index (χ1v) is 8.33. The summed E-state index contributed by atoms with van der Waals surface area (Å²) in [5, 5.41) is 3.45. The van der Waals surface area contributed by atoms with Gasteiger partial charge in [-0.15, -0.1) is 0 Å². The van der Waals surface area contributed by atoms with Gasteiger partial charge in [0, 0.05) is 19.5 Å². The number of amides is 1. The van der Waals surface area contributed by atoms with Gasteiger partial charge < -0.3 is 10.2 Å². The Balaban J connectivity index is 2.44. The minimum absolute atomic E-state index is 0.324. The van der Waals surface area contributed by atoms with Gasteiger partial charge in [-0.1, -0.05) is 34.6 Å². The summed E-state index contributed by atoms with van der Waals surface area (Å²) >= 11 is 0. The summed E-state index contributed by atoms with van der Waals surface area (Å²) in [5.74, 6) is 1.57. The average molecular weight is 282 g/mol. The minimum atomic E-state index is 0.324. The van der Waals surface area contributed by atoms with E-state index in [9.17, 15) is 4.79 Å². The van der Waals surface area contributed by atoms with Gasteiger partial charge in [0.05, 0.1) is 0 Å². The summed E-state index contributed by atoms with van der Waals surface area (Å²) in [6, 6.07) is 0. The van der Waals surface area contributed by atoms with Crippen LogP contribution in [-0.2, 0) is 4.79 Å². The Morgan fingerprint density at radius 3 is 2.65 bits per heavy atom. The van der Waals surface area contributed by atoms with Crippen molar-refractivity contribution in [3.63, 3.8) is 0 Å². The number of rotatable bonds is 6. The lowest BCUT2D eigenvalue weighted by molar-refractivity contribution is -0.131. The zero-order chi connectivity index (χ0) is 15.2. The van der Waals surface area contributed by atoms with Crippen LogP contribution in [0, 0.1) is 17.3 Å². The Kier molecular flexibility index (Phi) is 7.01. The zero-order valence-corrected chi connectivity index (χ0v) is 14.2. The fourth-order valence-electron chi connectivity index (χ4n) is 3.06. The SMILES string of the molecule is CCCNCC(C)CN1CCC(C(C)(C)C)CCC1=O. The third kappa shape index (κ3) is 5.82. The molecule has 1 amide bonds. The second kappa shape index (κ2) is 8.02. The number of hydrogen-bond donors (Lipinski definition) is 1. The highest BCUT2D eigenvalue weighted by Crippen LogP contribution is 2.34. The van der Waals surface area contributed by atoms with Gasteiger partial charge in [0.1, 0.15) is 0 Å². The van der Waals surface area contributed by atoms with E-state index in [1.54, 1.807) is 0 Å². The summed E-state index contributed by atoms with van der Waals surface area (Å²) in [5.41, 5.74) is 0.324. The lowest BCUT2D eigenvalue weighted by atomic mass is 9.77. The van der Waals surface area contributed by atoms with Gasteiger partial charge in [-0.2, -0.15) is 0 Å². The number of nitrogens with zero attached hydrogens (tertiary/aromatic N) is 1. The first-order chi connectivity index (χ1) is 9.34. The van der Waals surface area contributed by atoms with Gasteiger partial charge in [-0.25, -0.2) is 0 Å². The monoisotopic (exact) mass is 282 g/mol. The highest BCUT2D eigenvalue weighted by Gasteiger charge is 2.30. The molecule has 118 valence electrons. The molecule has 1 aliphatic rings. The molecule has 2 atom stereocenters. The average Bonchev–Trinajstić information content (AvgIpc) is 2.52. The molecule has 20 heavy (non-hydrogen) atoms. The van der Waals surface area contributed by atoms with Crippen molar-refractivity contribution in [2.24, 2.45) is 17.3 Å². The van der Waals surface area contributed by atoms with Crippen LogP contribution in [0.1, 0.15) is 60.3 Å². The molecule has 0 radical (unpaired) electrons. The maximum Gasteiger partial charge on any atom is 0.222 e. The first-order valence-electron chi connectivity index (χ1n) is 8.33. The summed E-state index contributed by atoms with van der Waals surface area (Å²) in [4.78, 5) is 14.4. The Labute approximate surface area is 125 Å². The van der Waals surface area contributed by atoms with E-state index in [0.29, 0.717) is 23.2 Å². The normalized spacial score (nSPS) is 22.8. The number of carbonyl (C=O) groups is 1. The van der Waals surface area contributed by atoms with E-state index in [2.05, 4.69) is 44.8 Å². The first kappa shape index (κ1) is 17.5. The molecule has 0 aliphatic carbocycles. The molecule has 0 aromatic heterocycles. The molecular weight excluding hydrogens is 248 g/mol. The summed E-state index contributed by atoms with van der Waals surface area (Å²) in [6.45, 7) is 15.3. The standard InChI is InChI=1S/C17H34N2O/c1-6-10-18-12-14(2)13-19-11-9-15(17(3,4)5)7-8-16(19)20/h14-15,18H,6-13H2,1-5H3. The molecule has 1 rings (SSSR count). The summed E-state index contributed by atoms with van der Waals surface area (Å²) < 4.78 is 0. The van der Waals surface area contributed by atoms with Crippen molar-refractivity contribution < 1.29 is 4.79 Å². The Morgan fingerprint density at radius 2 is 2.05 bits per heavy atom. The predicted octanol–water partition coefficient (Wildman–Crippen LogP) is 3.30. The summed E-state index contributed by atoms with van der Waals surface area (Å²) in [7, 11) is 0. The van der Waals surface area contributed by atoms with E-state index < -0.39 is 0 Å². The molecule has 0 spiro atoms. The van der Waals surface area contributed by atoms with Crippen molar-refractivity contribution in [1.82, 2.24) is 10.2 Å². The van der Waals surface area contributed by atoms with Crippen LogP contribution in [0.25, 0.3) is 0 Å². The van der Waals surface area contributed by atoms with Gasteiger partial charge in [0.2, 0.25) is 5.91 Å². The van der Waals surface area contributed by atoms with Crippen LogP contribution in [0.4, 0.5) is 0 Å². The van der Waals surface area contributed by atoms with E-state index >= 15 is 0 Å². The van der Waals surface area contributed by atoms with E-state index in [1.165, 1.54) is 6.42 Å². The fourth-order valence-corrected chi connectivity index (χ4v) is 3.06. The van der Waals surface area contributed by atoms with Crippen molar-refractivity contribution in [1.29, 1.82) is 0 Å². The van der Waals surface area contributed by atoms with Crippen LogP contribution < -0.4 is 5.32 Å². The maximum atomic E-state index is 12.3. The molecule has 3 heteroatoms. The molecule has 1 heterocycles. The van der Waals surface area contributed by atoms with E-state index in [-0.39, 0.29) is 0 Å². The summed E-state index contributed by atoms with van der Waals surface area (Å²) in [6.07, 6.45) is 4.12. The molecule has 0 aromatic carbocycles. The van der Waals surface area contributed by atoms with Crippen molar-refractivity contribution in [2.45, 2.75) is 60.3 Å². The molecule has 0 saturated carbocycles. The molecule has 0 bridgehead atoms. The topological polar surface area (TPSA) is 32.3 Å². The molecular formula is C17H34N2O. The fraction of sp³-hybridized carbons (Fsp3) is 0.941. The number of carbonyl (C=O) groups excluding carboxylic acids is 1. The largest absolute Gasteiger partial charge is 0.342 e. The molecule has 1 saturated heterocycles. The van der Waals surface area contributed by atoms with E-state index in [4.69, 9.17) is 0 Å². The van der Waals surface area contributed by atoms with Crippen LogP contribution >= 0.6 is 0 Å². The van der Waals surface area contributed by atoms with Gasteiger partial charge >= 0.3 is 0 Å². The molecule has 1 aliphatic heterocycles. The zero-order valence-electron chi connectivity index (χ0n) is 14.2. The molecule has 0 aromatic rings. The number of likely N-dealkylation sites (tertiary alicyclic amines) is 1. The third-order valence-corrected chi connectivity index (χ3v) is 4.48. The van der Waals surface area contributed by atoms with E-state index in [1.807, 2.05) is 0 Å². The van der Waals surface area contributed by atoms with Crippen molar-refractivity contribution in [2.75, 3.05) is 26.2 Å². The van der Waals surface area contributed by atoms with Gasteiger partial charge in [-0.05, 0) is 49.6 Å². The maximum absolute atomic E-state index is 12.3. The third-order valence-electron chi connectivity index (χ3n) is 4.48. The van der Waals surface area contributed by atoms with E-state index in [0.717, 1.165) is 45.4 Å². The Hall–Kier alpha value is -0.570. The van der Waals surface area contributed by atoms with Crippen LogP contribution in [0.5, 0.6) is 0 Å². The second-order valence-corrected chi connectivity index (χ2v) is 7.54. The van der Waals surface area contributed by atoms with Crippen molar-refractivity contribution in [3.8, 4) is 0 Å². The Bertz CT molecular complexity index is 296. The molecule has 3 nitrogen and oxygen atoms in total. The van der Waals surface area contributed by atoms with Crippen LogP contribution in [0.15, 0.2) is 0 Å². The minimum Gasteiger partial charge on any atom is -0.342 e. The van der Waals surface area contributed by atoms with Crippen LogP contribution in [0.3, 0.4) is 0 Å². The lowest BCUT2D eigenvalue weighted by Crippen LogP contribution is -2.37. The second-order valence-electron chi connectivity index (χ2n) is 7.54. The highest BCUT2D eigenvalue weighted by molar-refractivity contribution is 5.76. The van der Waals surface area contributed by atoms with Crippen LogP contribution in [-0.4, -0.2) is 37.0 Å². The number of hydrogen-bond acceptors (Lipinski definition) is 2. The molecule has 1 N–H and O–H groups in total. The van der Waals surface area contributed by atoms with Crippen molar-refractivity contribution >= 4 is 5.91 Å². The van der Waals surface area contributed by atoms with Gasteiger partial charge in [-0.3, -0.25) is 4.79 Å². The van der Waals surface area contributed by atoms with Gasteiger partial charge in [0.15, 0.2) is 0 Å². The molecule has 2 unspecified atom stereocenters.